The van der Waals surface area contributed by atoms with Gasteiger partial charge in [-0.15, -0.1) is 0 Å². The van der Waals surface area contributed by atoms with Gasteiger partial charge in [0.05, 0.1) is 23.7 Å². The fraction of sp³-hybridized carbons (Fsp3) is 0.677. The van der Waals surface area contributed by atoms with E-state index in [1.807, 2.05) is 13.0 Å². The molecule has 6 heteroatoms. The molecule has 5 rings (SSSR count). The van der Waals surface area contributed by atoms with Crippen molar-refractivity contribution in [1.29, 1.82) is 0 Å². The second-order valence-electron chi connectivity index (χ2n) is 12.4. The molecular formula is C31H44N2O4. The minimum absolute atomic E-state index is 0.236. The van der Waals surface area contributed by atoms with Crippen molar-refractivity contribution < 1.29 is 19.8 Å². The standard InChI is InChI=1S/C31H44N2O4/c1-5-28-32-29(37-33-28)31(15-16-31)27(36)13-8-19(2)24-11-12-25-21(7-6-14-30(24,25)4)9-10-22-17-23(34)18-26(35)20(22)3/h8-10,13,19,23-27,34-36H,3,5-7,11-12,14-18H2,1-2,4H3/b13-8+,21-9+,22-10-/t19-,23-,24-,25+,26+,27-,30-/m1/s1. The molecule has 0 saturated heterocycles. The lowest BCUT2D eigenvalue weighted by molar-refractivity contribution is 0.0862. The Morgan fingerprint density at radius 1 is 1.16 bits per heavy atom. The molecule has 0 aromatic carbocycles. The monoisotopic (exact) mass is 508 g/mol. The molecule has 1 heterocycles. The van der Waals surface area contributed by atoms with Crippen LogP contribution in [0.3, 0.4) is 0 Å². The maximum atomic E-state index is 11.1. The molecular weight excluding hydrogens is 464 g/mol. The number of aliphatic hydroxyl groups excluding tert-OH is 3. The third-order valence-electron chi connectivity index (χ3n) is 10.1. The van der Waals surface area contributed by atoms with Crippen molar-refractivity contribution in [3.8, 4) is 0 Å². The second kappa shape index (κ2) is 10.3. The Bertz CT molecular complexity index is 1100. The molecule has 202 valence electrons. The average molecular weight is 509 g/mol. The molecule has 6 nitrogen and oxygen atoms in total. The molecule has 0 radical (unpaired) electrons. The van der Waals surface area contributed by atoms with Gasteiger partial charge in [-0.2, -0.15) is 4.98 Å². The summed E-state index contributed by atoms with van der Waals surface area (Å²) in [5, 5.41) is 35.4. The first-order chi connectivity index (χ1) is 17.7. The molecule has 0 aliphatic heterocycles. The van der Waals surface area contributed by atoms with Crippen molar-refractivity contribution in [2.24, 2.45) is 23.2 Å². The summed E-state index contributed by atoms with van der Waals surface area (Å²) in [6.45, 7) is 10.8. The molecule has 0 unspecified atom stereocenters. The van der Waals surface area contributed by atoms with Gasteiger partial charge in [0.25, 0.3) is 0 Å². The van der Waals surface area contributed by atoms with Crippen LogP contribution in [-0.2, 0) is 11.8 Å². The minimum atomic E-state index is -0.646. The second-order valence-corrected chi connectivity index (χ2v) is 12.4. The third kappa shape index (κ3) is 4.93. The summed E-state index contributed by atoms with van der Waals surface area (Å²) < 4.78 is 5.50. The molecule has 37 heavy (non-hydrogen) atoms. The maximum Gasteiger partial charge on any atom is 0.235 e. The minimum Gasteiger partial charge on any atom is -0.393 e. The first-order valence-corrected chi connectivity index (χ1v) is 14.3. The van der Waals surface area contributed by atoms with E-state index in [0.717, 1.165) is 36.8 Å². The number of hydrogen-bond donors (Lipinski definition) is 3. The summed E-state index contributed by atoms with van der Waals surface area (Å²) in [5.41, 5.74) is 3.06. The van der Waals surface area contributed by atoms with Gasteiger partial charge < -0.3 is 19.8 Å². The van der Waals surface area contributed by atoms with Gasteiger partial charge in [0, 0.05) is 12.8 Å². The van der Waals surface area contributed by atoms with Gasteiger partial charge in [0.2, 0.25) is 5.89 Å². The van der Waals surface area contributed by atoms with Gasteiger partial charge in [-0.25, -0.2) is 0 Å². The van der Waals surface area contributed by atoms with E-state index < -0.39 is 23.7 Å². The Balaban J connectivity index is 1.28. The highest BCUT2D eigenvalue weighted by Crippen LogP contribution is 2.59. The molecule has 4 aliphatic rings. The summed E-state index contributed by atoms with van der Waals surface area (Å²) in [7, 11) is 0. The number of aliphatic hydroxyl groups is 3. The highest BCUT2D eigenvalue weighted by molar-refractivity contribution is 5.38. The smallest absolute Gasteiger partial charge is 0.235 e. The van der Waals surface area contributed by atoms with Crippen LogP contribution in [0.1, 0.15) is 90.3 Å². The van der Waals surface area contributed by atoms with E-state index in [0.29, 0.717) is 42.3 Å². The third-order valence-corrected chi connectivity index (χ3v) is 10.1. The topological polar surface area (TPSA) is 99.6 Å². The Kier molecular flexibility index (Phi) is 7.38. The fourth-order valence-corrected chi connectivity index (χ4v) is 7.58. The normalized spacial score (nSPS) is 37.3. The lowest BCUT2D eigenvalue weighted by Gasteiger charge is -2.44. The lowest BCUT2D eigenvalue weighted by Crippen LogP contribution is -2.35. The van der Waals surface area contributed by atoms with Crippen molar-refractivity contribution in [3.63, 3.8) is 0 Å². The molecule has 4 saturated carbocycles. The van der Waals surface area contributed by atoms with Crippen LogP contribution in [0.25, 0.3) is 0 Å². The zero-order valence-electron chi connectivity index (χ0n) is 22.7. The number of rotatable bonds is 7. The molecule has 0 spiro atoms. The Hall–Kier alpha value is -2.02. The molecule has 1 aromatic rings. The SMILES string of the molecule is C=C1/C(=C\C=C2/CCC[C@]3(C)[C@@H]([C@H](C)/C=C/[C@@H](O)C4(c5nc(CC)no5)CC4)CC[C@@H]23)C[C@@H](O)C[C@@H]1O. The van der Waals surface area contributed by atoms with Gasteiger partial charge in [0.1, 0.15) is 0 Å². The predicted octanol–water partition coefficient (Wildman–Crippen LogP) is 5.36. The first-order valence-electron chi connectivity index (χ1n) is 14.3. The average Bonchev–Trinajstić information content (AvgIpc) is 3.39. The largest absolute Gasteiger partial charge is 0.393 e. The van der Waals surface area contributed by atoms with E-state index in [9.17, 15) is 15.3 Å². The van der Waals surface area contributed by atoms with Crippen LogP contribution in [0.2, 0.25) is 0 Å². The summed E-state index contributed by atoms with van der Waals surface area (Å²) in [6.07, 6.45) is 16.2. The van der Waals surface area contributed by atoms with Gasteiger partial charge in [-0.1, -0.05) is 62.4 Å². The molecule has 7 atom stereocenters. The summed E-state index contributed by atoms with van der Waals surface area (Å²) >= 11 is 0. The van der Waals surface area contributed by atoms with Crippen molar-refractivity contribution in [1.82, 2.24) is 10.1 Å². The van der Waals surface area contributed by atoms with Crippen LogP contribution in [0, 0.1) is 23.2 Å². The van der Waals surface area contributed by atoms with Crippen molar-refractivity contribution in [3.05, 3.63) is 59.3 Å². The molecule has 0 bridgehead atoms. The Morgan fingerprint density at radius 2 is 1.95 bits per heavy atom. The molecule has 0 amide bonds. The first kappa shape index (κ1) is 26.6. The zero-order chi connectivity index (χ0) is 26.4. The van der Waals surface area contributed by atoms with E-state index in [4.69, 9.17) is 4.52 Å². The van der Waals surface area contributed by atoms with Gasteiger partial charge in [0.15, 0.2) is 5.82 Å². The summed E-state index contributed by atoms with van der Waals surface area (Å²) in [5.74, 6) is 2.77. The zero-order valence-corrected chi connectivity index (χ0v) is 22.7. The van der Waals surface area contributed by atoms with Crippen LogP contribution in [0.5, 0.6) is 0 Å². The summed E-state index contributed by atoms with van der Waals surface area (Å²) in [6, 6.07) is 0. The number of nitrogens with zero attached hydrogens (tertiary/aromatic N) is 2. The van der Waals surface area contributed by atoms with Crippen LogP contribution >= 0.6 is 0 Å². The van der Waals surface area contributed by atoms with E-state index >= 15 is 0 Å². The van der Waals surface area contributed by atoms with Gasteiger partial charge >= 0.3 is 0 Å². The Labute approximate surface area is 221 Å². The van der Waals surface area contributed by atoms with E-state index in [1.54, 1.807) is 0 Å². The molecule has 4 fully saturated rings. The van der Waals surface area contributed by atoms with E-state index in [-0.39, 0.29) is 5.41 Å². The number of hydrogen-bond acceptors (Lipinski definition) is 6. The van der Waals surface area contributed by atoms with Crippen molar-refractivity contribution in [2.45, 2.75) is 109 Å². The molecule has 1 aromatic heterocycles. The molecule has 4 aliphatic carbocycles. The van der Waals surface area contributed by atoms with Crippen LogP contribution in [-0.4, -0.2) is 43.8 Å². The van der Waals surface area contributed by atoms with E-state index in [1.165, 1.54) is 31.3 Å². The predicted molar refractivity (Wildman–Crippen MR) is 144 cm³/mol. The molecule has 3 N–H and O–H groups in total. The van der Waals surface area contributed by atoms with Crippen LogP contribution in [0.4, 0.5) is 0 Å². The number of fused-ring (bicyclic) bond motifs is 1. The number of aryl methyl sites for hydroxylation is 1. The van der Waals surface area contributed by atoms with Gasteiger partial charge in [-0.3, -0.25) is 0 Å². The highest BCUT2D eigenvalue weighted by atomic mass is 16.5. The lowest BCUT2D eigenvalue weighted by atomic mass is 9.61. The number of allylic oxidation sites excluding steroid dienone is 4. The van der Waals surface area contributed by atoms with E-state index in [2.05, 4.69) is 48.8 Å². The highest BCUT2D eigenvalue weighted by Gasteiger charge is 2.55. The quantitative estimate of drug-likeness (QED) is 0.429. The summed E-state index contributed by atoms with van der Waals surface area (Å²) in [4.78, 5) is 4.51. The van der Waals surface area contributed by atoms with Crippen LogP contribution < -0.4 is 0 Å². The Morgan fingerprint density at radius 3 is 2.65 bits per heavy atom. The maximum absolute atomic E-state index is 11.1. The van der Waals surface area contributed by atoms with Crippen LogP contribution in [0.15, 0.2) is 52.1 Å². The number of aromatic nitrogens is 2. The van der Waals surface area contributed by atoms with Crippen molar-refractivity contribution in [2.75, 3.05) is 0 Å². The van der Waals surface area contributed by atoms with Gasteiger partial charge in [-0.05, 0) is 85.7 Å². The van der Waals surface area contributed by atoms with Crippen molar-refractivity contribution >= 4 is 0 Å². The fourth-order valence-electron chi connectivity index (χ4n) is 7.58.